The molecule has 0 aliphatic heterocycles. The number of nitriles is 2. The Morgan fingerprint density at radius 3 is 1.87 bits per heavy atom. The van der Waals surface area contributed by atoms with E-state index in [1.165, 1.54) is 0 Å². The zero-order valence-electron chi connectivity index (χ0n) is 23.6. The lowest BCUT2D eigenvalue weighted by atomic mass is 10.1. The molecule has 0 fully saturated rings. The summed E-state index contributed by atoms with van der Waals surface area (Å²) in [6.07, 6.45) is 0. The predicted molar refractivity (Wildman–Crippen MR) is 178 cm³/mol. The highest BCUT2D eigenvalue weighted by molar-refractivity contribution is 6.24. The van der Waals surface area contributed by atoms with E-state index in [1.807, 2.05) is 78.9 Å². The minimum atomic E-state index is 0.568. The van der Waals surface area contributed by atoms with Gasteiger partial charge in [-0.15, -0.1) is 0 Å². The summed E-state index contributed by atoms with van der Waals surface area (Å²) in [6.45, 7) is 7.70. The SMILES string of the molecule is [C-]#[N+]c1ccc2c(c1)c1c3oc4ccccc4c3ccc1n2-c1cccc(-n2c3ccc(C#N)cc3c3cc(C#N)ccc32)c1. The van der Waals surface area contributed by atoms with E-state index in [2.05, 4.69) is 62.5 Å². The van der Waals surface area contributed by atoms with Gasteiger partial charge in [-0.05, 0) is 84.9 Å². The van der Waals surface area contributed by atoms with Gasteiger partial charge in [0.1, 0.15) is 11.2 Å². The molecule has 9 rings (SSSR count). The van der Waals surface area contributed by atoms with Crippen LogP contribution in [0.2, 0.25) is 0 Å². The van der Waals surface area contributed by atoms with Crippen LogP contribution in [0.5, 0.6) is 0 Å². The number of furan rings is 1. The van der Waals surface area contributed by atoms with Gasteiger partial charge in [0, 0.05) is 43.7 Å². The van der Waals surface area contributed by atoms with E-state index >= 15 is 0 Å². The minimum absolute atomic E-state index is 0.568. The van der Waals surface area contributed by atoms with Crippen LogP contribution in [-0.2, 0) is 0 Å². The maximum Gasteiger partial charge on any atom is 0.188 e. The van der Waals surface area contributed by atoms with Crippen molar-refractivity contribution in [2.45, 2.75) is 0 Å². The van der Waals surface area contributed by atoms with Gasteiger partial charge in [0.25, 0.3) is 0 Å². The topological polar surface area (TPSA) is 74.9 Å². The van der Waals surface area contributed by atoms with Gasteiger partial charge in [-0.2, -0.15) is 10.5 Å². The first-order chi connectivity index (χ1) is 22.2. The third-order valence-corrected chi connectivity index (χ3v) is 8.75. The summed E-state index contributed by atoms with van der Waals surface area (Å²) in [5.41, 5.74) is 9.09. The number of aromatic nitrogens is 2. The lowest BCUT2D eigenvalue weighted by Crippen LogP contribution is -1.98. The van der Waals surface area contributed by atoms with Crippen LogP contribution in [0.25, 0.3) is 81.8 Å². The highest BCUT2D eigenvalue weighted by atomic mass is 16.3. The first-order valence-corrected chi connectivity index (χ1v) is 14.4. The van der Waals surface area contributed by atoms with Gasteiger partial charge in [-0.25, -0.2) is 4.85 Å². The van der Waals surface area contributed by atoms with E-state index in [-0.39, 0.29) is 0 Å². The van der Waals surface area contributed by atoms with Crippen molar-refractivity contribution in [1.29, 1.82) is 10.5 Å². The second kappa shape index (κ2) is 9.09. The third kappa shape index (κ3) is 3.41. The van der Waals surface area contributed by atoms with Crippen LogP contribution in [0.4, 0.5) is 5.69 Å². The second-order valence-electron chi connectivity index (χ2n) is 11.1. The molecule has 9 aromatic rings. The number of fused-ring (bicyclic) bond motifs is 10. The predicted octanol–water partition coefficient (Wildman–Crippen LogP) is 10.1. The normalized spacial score (nSPS) is 11.5. The van der Waals surface area contributed by atoms with Crippen molar-refractivity contribution < 1.29 is 4.42 Å². The fourth-order valence-corrected chi connectivity index (χ4v) is 6.83. The monoisotopic (exact) mass is 573 g/mol. The molecule has 6 aromatic carbocycles. The van der Waals surface area contributed by atoms with Crippen LogP contribution in [-0.4, -0.2) is 9.13 Å². The number of nitrogens with zero attached hydrogens (tertiary/aromatic N) is 5. The standard InChI is InChI=1S/C39H19N5O/c1-42-25-11-15-35-32(19-25)38-36(16-12-29-28-7-2-3-8-37(28)45-39(29)38)44(35)27-6-4-5-26(20-27)43-33-13-9-23(21-40)17-30(33)31-18-24(22-41)10-14-34(31)43/h2-20H. The van der Waals surface area contributed by atoms with Crippen molar-refractivity contribution in [3.8, 4) is 23.5 Å². The highest BCUT2D eigenvalue weighted by Gasteiger charge is 2.20. The molecule has 0 aliphatic rings. The Hall–Kier alpha value is -6.81. The molecule has 0 radical (unpaired) electrons. The van der Waals surface area contributed by atoms with Gasteiger partial charge < -0.3 is 13.6 Å². The average molecular weight is 574 g/mol. The van der Waals surface area contributed by atoms with Crippen molar-refractivity contribution in [2.75, 3.05) is 0 Å². The number of para-hydroxylation sites is 1. The molecule has 0 saturated heterocycles. The van der Waals surface area contributed by atoms with E-state index in [0.717, 1.165) is 76.9 Å². The first-order valence-electron chi connectivity index (χ1n) is 14.4. The summed E-state index contributed by atoms with van der Waals surface area (Å²) in [4.78, 5) is 3.73. The maximum atomic E-state index is 9.61. The molecular weight excluding hydrogens is 554 g/mol. The average Bonchev–Trinajstić information content (AvgIpc) is 3.74. The van der Waals surface area contributed by atoms with E-state index in [0.29, 0.717) is 16.8 Å². The third-order valence-electron chi connectivity index (χ3n) is 8.75. The van der Waals surface area contributed by atoms with Crippen LogP contribution >= 0.6 is 0 Å². The molecule has 6 nitrogen and oxygen atoms in total. The summed E-state index contributed by atoms with van der Waals surface area (Å²) >= 11 is 0. The van der Waals surface area contributed by atoms with Crippen LogP contribution in [0.3, 0.4) is 0 Å². The Morgan fingerprint density at radius 2 is 1.18 bits per heavy atom. The van der Waals surface area contributed by atoms with E-state index in [1.54, 1.807) is 0 Å². The van der Waals surface area contributed by atoms with E-state index < -0.39 is 0 Å². The molecule has 0 bridgehead atoms. The molecule has 3 heterocycles. The number of hydrogen-bond donors (Lipinski definition) is 0. The van der Waals surface area contributed by atoms with Crippen LogP contribution in [0.1, 0.15) is 11.1 Å². The van der Waals surface area contributed by atoms with Crippen molar-refractivity contribution in [1.82, 2.24) is 9.13 Å². The first kappa shape index (κ1) is 24.8. The van der Waals surface area contributed by atoms with Crippen LogP contribution < -0.4 is 0 Å². The van der Waals surface area contributed by atoms with Crippen LogP contribution in [0.15, 0.2) is 120 Å². The lowest BCUT2D eigenvalue weighted by molar-refractivity contribution is 0.673. The fraction of sp³-hybridized carbons (Fsp3) is 0. The molecule has 206 valence electrons. The van der Waals surface area contributed by atoms with Gasteiger partial charge in [-0.1, -0.05) is 30.3 Å². The van der Waals surface area contributed by atoms with Gasteiger partial charge >= 0.3 is 0 Å². The molecule has 0 atom stereocenters. The Kier molecular flexibility index (Phi) is 5.00. The van der Waals surface area contributed by atoms with Crippen LogP contribution in [0, 0.1) is 29.2 Å². The highest BCUT2D eigenvalue weighted by Crippen LogP contribution is 2.42. The van der Waals surface area contributed by atoms with E-state index in [4.69, 9.17) is 11.0 Å². The molecule has 3 aromatic heterocycles. The molecular formula is C39H19N5O. The fourth-order valence-electron chi connectivity index (χ4n) is 6.83. The van der Waals surface area contributed by atoms with Crippen molar-refractivity contribution in [3.05, 3.63) is 138 Å². The molecule has 0 N–H and O–H groups in total. The molecule has 45 heavy (non-hydrogen) atoms. The summed E-state index contributed by atoms with van der Waals surface area (Å²) in [5.74, 6) is 0. The quantitative estimate of drug-likeness (QED) is 0.193. The summed E-state index contributed by atoms with van der Waals surface area (Å²) in [5, 5.41) is 25.1. The maximum absolute atomic E-state index is 9.61. The molecule has 0 unspecified atom stereocenters. The van der Waals surface area contributed by atoms with Crippen molar-refractivity contribution in [2.24, 2.45) is 0 Å². The van der Waals surface area contributed by atoms with Crippen molar-refractivity contribution in [3.63, 3.8) is 0 Å². The Labute approximate surface area is 256 Å². The number of hydrogen-bond acceptors (Lipinski definition) is 3. The van der Waals surface area contributed by atoms with Gasteiger partial charge in [0.2, 0.25) is 0 Å². The molecule has 0 aliphatic carbocycles. The van der Waals surface area contributed by atoms with E-state index in [9.17, 15) is 10.5 Å². The van der Waals surface area contributed by atoms with Gasteiger partial charge in [0.05, 0.1) is 51.9 Å². The molecule has 0 amide bonds. The van der Waals surface area contributed by atoms with Crippen molar-refractivity contribution >= 4 is 71.2 Å². The largest absolute Gasteiger partial charge is 0.455 e. The van der Waals surface area contributed by atoms with Gasteiger partial charge in [0.15, 0.2) is 5.69 Å². The molecule has 0 saturated carbocycles. The summed E-state index contributed by atoms with van der Waals surface area (Å²) in [6, 6.07) is 42.3. The zero-order chi connectivity index (χ0) is 30.2. The summed E-state index contributed by atoms with van der Waals surface area (Å²) in [7, 11) is 0. The molecule has 0 spiro atoms. The molecule has 6 heteroatoms. The zero-order valence-corrected chi connectivity index (χ0v) is 23.6. The number of benzene rings is 6. The minimum Gasteiger partial charge on any atom is -0.455 e. The second-order valence-corrected chi connectivity index (χ2v) is 11.1. The summed E-state index contributed by atoms with van der Waals surface area (Å²) < 4.78 is 10.9. The van der Waals surface area contributed by atoms with Gasteiger partial charge in [-0.3, -0.25) is 0 Å². The lowest BCUT2D eigenvalue weighted by Gasteiger charge is -2.13. The number of rotatable bonds is 2. The Morgan fingerprint density at radius 1 is 0.556 bits per heavy atom. The Balaban J connectivity index is 1.36. The Bertz CT molecular complexity index is 2790. The smallest absolute Gasteiger partial charge is 0.188 e.